The van der Waals surface area contributed by atoms with Crippen LogP contribution in [-0.4, -0.2) is 27.4 Å². The monoisotopic (exact) mass is 591 g/mol. The molecule has 3 aromatic rings. The van der Waals surface area contributed by atoms with Crippen LogP contribution in [0.5, 0.6) is 0 Å². The Bertz CT molecular complexity index is 1370. The van der Waals surface area contributed by atoms with E-state index in [9.17, 15) is 18.0 Å². The number of alkyl halides is 3. The molecule has 228 valence electrons. The number of amides is 1. The topological polar surface area (TPSA) is 79.8 Å². The lowest BCUT2D eigenvalue weighted by Gasteiger charge is -2.51. The van der Waals surface area contributed by atoms with Crippen LogP contribution in [0.15, 0.2) is 66.9 Å². The third-order valence-electron chi connectivity index (χ3n) is 9.39. The molecule has 1 amide bonds. The second-order valence-electron chi connectivity index (χ2n) is 12.2. The third-order valence-corrected chi connectivity index (χ3v) is 9.39. The summed E-state index contributed by atoms with van der Waals surface area (Å²) in [5.74, 6) is 1.70. The molecule has 1 aromatic carbocycles. The molecule has 2 N–H and O–H groups in total. The number of carbonyl (C=O) groups excluding carboxylic acids is 1. The molecule has 2 heterocycles. The SMILES string of the molecule is CCCC(CCC(=Cc1cccc(Nc2ccc(C(F)(F)F)cn2)c1)CNC(=O)c1cncnc1)C12CCC(CC1)CC2. The molecule has 9 heteroatoms. The van der Waals surface area contributed by atoms with Gasteiger partial charge >= 0.3 is 6.18 Å². The van der Waals surface area contributed by atoms with Crippen molar-refractivity contribution in [3.63, 3.8) is 0 Å². The van der Waals surface area contributed by atoms with Gasteiger partial charge in [0.15, 0.2) is 0 Å². The first-order valence-electron chi connectivity index (χ1n) is 15.4. The summed E-state index contributed by atoms with van der Waals surface area (Å²) < 4.78 is 38.8. The Kier molecular flexibility index (Phi) is 9.78. The molecule has 0 aliphatic heterocycles. The van der Waals surface area contributed by atoms with Crippen LogP contribution < -0.4 is 10.6 Å². The minimum Gasteiger partial charge on any atom is -0.348 e. The Morgan fingerprint density at radius 1 is 1.05 bits per heavy atom. The van der Waals surface area contributed by atoms with E-state index in [1.165, 1.54) is 76.2 Å². The maximum Gasteiger partial charge on any atom is 0.417 e. The Morgan fingerprint density at radius 2 is 1.79 bits per heavy atom. The lowest BCUT2D eigenvalue weighted by molar-refractivity contribution is -0.137. The van der Waals surface area contributed by atoms with E-state index in [1.54, 1.807) is 0 Å². The van der Waals surface area contributed by atoms with Crippen LogP contribution in [0.25, 0.3) is 6.08 Å². The van der Waals surface area contributed by atoms with E-state index in [4.69, 9.17) is 0 Å². The maximum absolute atomic E-state index is 12.9. The predicted molar refractivity (Wildman–Crippen MR) is 163 cm³/mol. The molecular weight excluding hydrogens is 551 g/mol. The molecule has 3 aliphatic carbocycles. The van der Waals surface area contributed by atoms with Crippen molar-refractivity contribution in [1.82, 2.24) is 20.3 Å². The van der Waals surface area contributed by atoms with Crippen LogP contribution in [0.3, 0.4) is 0 Å². The molecular formula is C34H40F3N5O. The molecule has 0 spiro atoms. The van der Waals surface area contributed by atoms with Crippen molar-refractivity contribution in [1.29, 1.82) is 0 Å². The van der Waals surface area contributed by atoms with Gasteiger partial charge in [0.1, 0.15) is 12.1 Å². The number of pyridine rings is 1. The fourth-order valence-corrected chi connectivity index (χ4v) is 7.01. The van der Waals surface area contributed by atoms with Gasteiger partial charge in [-0.15, -0.1) is 0 Å². The maximum atomic E-state index is 12.9. The summed E-state index contributed by atoms with van der Waals surface area (Å²) in [7, 11) is 0. The number of hydrogen-bond acceptors (Lipinski definition) is 5. The summed E-state index contributed by atoms with van der Waals surface area (Å²) in [5, 5.41) is 6.16. The molecule has 2 bridgehead atoms. The number of anilines is 2. The number of nitrogens with one attached hydrogen (secondary N) is 2. The molecule has 6 rings (SSSR count). The van der Waals surface area contributed by atoms with E-state index in [1.807, 2.05) is 24.3 Å². The van der Waals surface area contributed by atoms with E-state index in [0.717, 1.165) is 42.2 Å². The number of rotatable bonds is 12. The first-order chi connectivity index (χ1) is 20.7. The highest BCUT2D eigenvalue weighted by Crippen LogP contribution is 2.56. The first kappa shape index (κ1) is 30.7. The van der Waals surface area contributed by atoms with Gasteiger partial charge in [0.25, 0.3) is 5.91 Å². The molecule has 0 saturated heterocycles. The van der Waals surface area contributed by atoms with Crippen LogP contribution in [0.2, 0.25) is 0 Å². The van der Waals surface area contributed by atoms with Gasteiger partial charge in [-0.2, -0.15) is 13.2 Å². The van der Waals surface area contributed by atoms with Crippen LogP contribution in [0, 0.1) is 17.3 Å². The summed E-state index contributed by atoms with van der Waals surface area (Å²) in [4.78, 5) is 24.7. The van der Waals surface area contributed by atoms with Crippen LogP contribution >= 0.6 is 0 Å². The standard InChI is InChI=1S/C34H40F3N5O/c1-2-4-28(33-14-11-24(12-15-33)13-16-33)8-7-26(19-41-32(43)27-20-38-23-39-21-27)17-25-5-3-6-30(18-25)42-31-10-9-29(22-40-31)34(35,36)37/h3,5-6,9-10,17-18,20-24,28H,2,4,7-8,11-16,19H2,1H3,(H,40,42)(H,41,43). The Hall–Kier alpha value is -3.75. The summed E-state index contributed by atoms with van der Waals surface area (Å²) in [6, 6.07) is 10.0. The van der Waals surface area contributed by atoms with E-state index in [2.05, 4.69) is 38.6 Å². The van der Waals surface area contributed by atoms with Gasteiger partial charge in [-0.1, -0.05) is 43.5 Å². The summed E-state index contributed by atoms with van der Waals surface area (Å²) in [6.07, 6.45) is 15.4. The lowest BCUT2D eigenvalue weighted by Crippen LogP contribution is -2.40. The molecule has 43 heavy (non-hydrogen) atoms. The highest BCUT2D eigenvalue weighted by atomic mass is 19.4. The normalized spacial score (nSPS) is 20.9. The highest BCUT2D eigenvalue weighted by Gasteiger charge is 2.44. The first-order valence-corrected chi connectivity index (χ1v) is 15.4. The molecule has 2 aromatic heterocycles. The molecule has 3 saturated carbocycles. The second kappa shape index (κ2) is 13.7. The van der Waals surface area contributed by atoms with Crippen LogP contribution in [0.1, 0.15) is 92.6 Å². The third kappa shape index (κ3) is 8.00. The van der Waals surface area contributed by atoms with Gasteiger partial charge in [-0.25, -0.2) is 15.0 Å². The van der Waals surface area contributed by atoms with Gasteiger partial charge in [0.2, 0.25) is 0 Å². The highest BCUT2D eigenvalue weighted by molar-refractivity contribution is 5.93. The van der Waals surface area contributed by atoms with E-state index >= 15 is 0 Å². The molecule has 3 fully saturated rings. The molecule has 6 nitrogen and oxygen atoms in total. The zero-order valence-corrected chi connectivity index (χ0v) is 24.7. The fraction of sp³-hybridized carbons (Fsp3) is 0.471. The Labute approximate surface area is 251 Å². The summed E-state index contributed by atoms with van der Waals surface area (Å²) in [5.41, 5.74) is 2.86. The smallest absolute Gasteiger partial charge is 0.348 e. The number of aromatic nitrogens is 3. The van der Waals surface area contributed by atoms with Gasteiger partial charge in [-0.05, 0) is 98.4 Å². The van der Waals surface area contributed by atoms with Crippen molar-refractivity contribution in [2.45, 2.75) is 77.3 Å². The minimum absolute atomic E-state index is 0.218. The zero-order chi connectivity index (χ0) is 30.3. The Morgan fingerprint density at radius 3 is 2.44 bits per heavy atom. The van der Waals surface area contributed by atoms with E-state index in [0.29, 0.717) is 34.9 Å². The van der Waals surface area contributed by atoms with E-state index < -0.39 is 11.7 Å². The largest absolute Gasteiger partial charge is 0.417 e. The van der Waals surface area contributed by atoms with Crippen molar-refractivity contribution < 1.29 is 18.0 Å². The average molecular weight is 592 g/mol. The van der Waals surface area contributed by atoms with Gasteiger partial charge < -0.3 is 10.6 Å². The van der Waals surface area contributed by atoms with Crippen molar-refractivity contribution >= 4 is 23.5 Å². The number of hydrogen-bond donors (Lipinski definition) is 2. The summed E-state index contributed by atoms with van der Waals surface area (Å²) in [6.45, 7) is 2.68. The van der Waals surface area contributed by atoms with Crippen molar-refractivity contribution in [3.05, 3.63) is 83.6 Å². The number of benzene rings is 1. The van der Waals surface area contributed by atoms with Gasteiger partial charge in [0.05, 0.1) is 11.1 Å². The summed E-state index contributed by atoms with van der Waals surface area (Å²) >= 11 is 0. The number of carbonyl (C=O) groups is 1. The van der Waals surface area contributed by atoms with Crippen molar-refractivity contribution in [3.8, 4) is 0 Å². The van der Waals surface area contributed by atoms with E-state index in [-0.39, 0.29) is 5.91 Å². The average Bonchev–Trinajstić information content (AvgIpc) is 3.03. The minimum atomic E-state index is -4.43. The number of fused-ring (bicyclic) bond motifs is 3. The quantitative estimate of drug-likeness (QED) is 0.220. The van der Waals surface area contributed by atoms with Gasteiger partial charge in [-0.3, -0.25) is 4.79 Å². The molecule has 3 aliphatic rings. The van der Waals surface area contributed by atoms with Gasteiger partial charge in [0, 0.05) is 30.8 Å². The lowest BCUT2D eigenvalue weighted by atomic mass is 9.54. The molecule has 1 atom stereocenters. The van der Waals surface area contributed by atoms with Crippen molar-refractivity contribution in [2.75, 3.05) is 11.9 Å². The predicted octanol–water partition coefficient (Wildman–Crippen LogP) is 8.61. The second-order valence-corrected chi connectivity index (χ2v) is 12.2. The van der Waals surface area contributed by atoms with Crippen LogP contribution in [-0.2, 0) is 6.18 Å². The molecule has 0 radical (unpaired) electrons. The fourth-order valence-electron chi connectivity index (χ4n) is 7.01. The number of halogens is 3. The molecule has 1 unspecified atom stereocenters. The van der Waals surface area contributed by atoms with Crippen molar-refractivity contribution in [2.24, 2.45) is 17.3 Å². The zero-order valence-electron chi connectivity index (χ0n) is 24.7. The number of nitrogens with zero attached hydrogens (tertiary/aromatic N) is 3. The Balaban J connectivity index is 1.33. The van der Waals surface area contributed by atoms with Crippen LogP contribution in [0.4, 0.5) is 24.7 Å².